The number of fused-ring (bicyclic) bond motifs is 9. The lowest BCUT2D eigenvalue weighted by Gasteiger charge is -2.30. The standard InChI is InChI=1S/C54H42N2/c1-35-25-29-50-45(31-35)46-32-38(36-15-6-4-7-16-36)26-30-51(46)56(50)52-34-48-53(43-23-13-12-22-42(43)52)44-28-27-40(33-47(44)54(48,2)3)55(39-19-8-5-9-20-39)49-24-14-18-37-17-10-11-21-41(37)49/h4,6-8,10-34H,5,9H2,1-3H3. The van der Waals surface area contributed by atoms with Gasteiger partial charge in [-0.15, -0.1) is 0 Å². The summed E-state index contributed by atoms with van der Waals surface area (Å²) in [7, 11) is 0. The number of nitrogens with zero attached hydrogens (tertiary/aromatic N) is 2. The molecule has 268 valence electrons. The molecule has 2 aliphatic carbocycles. The SMILES string of the molecule is Cc1ccc2c(c1)c1cc(-c3ccccc3)ccc1n2-c1cc2c(c3ccccc13)-c1ccc(N(C3=CCCC=C3)c3cccc4ccccc34)cc1C2(C)C. The number of allylic oxidation sites excluding steroid dienone is 3. The van der Waals surface area contributed by atoms with E-state index in [0.29, 0.717) is 0 Å². The molecule has 0 spiro atoms. The van der Waals surface area contributed by atoms with Crippen LogP contribution in [-0.2, 0) is 5.41 Å². The molecule has 1 aromatic heterocycles. The van der Waals surface area contributed by atoms with Crippen LogP contribution in [0.5, 0.6) is 0 Å². The van der Waals surface area contributed by atoms with Crippen molar-refractivity contribution in [2.45, 2.75) is 39.0 Å². The summed E-state index contributed by atoms with van der Waals surface area (Å²) in [6.07, 6.45) is 9.12. The van der Waals surface area contributed by atoms with Gasteiger partial charge in [-0.05, 0) is 119 Å². The van der Waals surface area contributed by atoms with Crippen LogP contribution in [0.1, 0.15) is 43.4 Å². The molecule has 0 N–H and O–H groups in total. The maximum Gasteiger partial charge on any atom is 0.0544 e. The maximum atomic E-state index is 2.52. The van der Waals surface area contributed by atoms with Crippen molar-refractivity contribution in [3.8, 4) is 27.9 Å². The van der Waals surface area contributed by atoms with E-state index < -0.39 is 0 Å². The minimum atomic E-state index is -0.240. The second-order valence-electron chi connectivity index (χ2n) is 16.1. The van der Waals surface area contributed by atoms with E-state index in [1.165, 1.54) is 105 Å². The van der Waals surface area contributed by atoms with Crippen LogP contribution in [0.2, 0.25) is 0 Å². The molecule has 2 aliphatic rings. The van der Waals surface area contributed by atoms with Gasteiger partial charge in [-0.25, -0.2) is 0 Å². The summed E-state index contributed by atoms with van der Waals surface area (Å²) in [5, 5.41) is 7.63. The zero-order chi connectivity index (χ0) is 37.5. The molecule has 0 saturated carbocycles. The molecule has 0 aliphatic heterocycles. The summed E-state index contributed by atoms with van der Waals surface area (Å²) in [5.41, 5.74) is 16.2. The molecule has 2 nitrogen and oxygen atoms in total. The van der Waals surface area contributed by atoms with Gasteiger partial charge in [-0.1, -0.05) is 141 Å². The number of aromatic nitrogens is 1. The van der Waals surface area contributed by atoms with Crippen LogP contribution >= 0.6 is 0 Å². The molecule has 0 atom stereocenters. The Bertz CT molecular complexity index is 3110. The molecule has 11 rings (SSSR count). The molecule has 0 radical (unpaired) electrons. The van der Waals surface area contributed by atoms with Crippen molar-refractivity contribution in [3.63, 3.8) is 0 Å². The van der Waals surface area contributed by atoms with E-state index >= 15 is 0 Å². The van der Waals surface area contributed by atoms with Gasteiger partial charge < -0.3 is 9.47 Å². The van der Waals surface area contributed by atoms with E-state index in [2.05, 4.69) is 206 Å². The normalized spacial score (nSPS) is 14.4. The second-order valence-corrected chi connectivity index (χ2v) is 16.1. The van der Waals surface area contributed by atoms with Crippen LogP contribution in [0.4, 0.5) is 11.4 Å². The summed E-state index contributed by atoms with van der Waals surface area (Å²) >= 11 is 0. The van der Waals surface area contributed by atoms with Crippen molar-refractivity contribution in [1.29, 1.82) is 0 Å². The van der Waals surface area contributed by atoms with Crippen LogP contribution in [0.3, 0.4) is 0 Å². The van der Waals surface area contributed by atoms with E-state index in [0.717, 1.165) is 12.8 Å². The zero-order valence-corrected chi connectivity index (χ0v) is 32.1. The number of aryl methyl sites for hydroxylation is 1. The predicted molar refractivity (Wildman–Crippen MR) is 239 cm³/mol. The van der Waals surface area contributed by atoms with Crippen LogP contribution in [0, 0.1) is 6.92 Å². The fraction of sp³-hybridized carbons (Fsp3) is 0.111. The Morgan fingerprint density at radius 1 is 0.554 bits per heavy atom. The monoisotopic (exact) mass is 718 g/mol. The van der Waals surface area contributed by atoms with Gasteiger partial charge in [0.05, 0.1) is 22.4 Å². The Morgan fingerprint density at radius 3 is 2.11 bits per heavy atom. The summed E-state index contributed by atoms with van der Waals surface area (Å²) in [6.45, 7) is 7.04. The Labute approximate surface area is 328 Å². The fourth-order valence-corrected chi connectivity index (χ4v) is 9.68. The summed E-state index contributed by atoms with van der Waals surface area (Å²) in [5.74, 6) is 0. The van der Waals surface area contributed by atoms with Gasteiger partial charge in [0, 0.05) is 38.3 Å². The van der Waals surface area contributed by atoms with E-state index in [9.17, 15) is 0 Å². The summed E-state index contributed by atoms with van der Waals surface area (Å²) in [4.78, 5) is 2.48. The quantitative estimate of drug-likeness (QED) is 0.172. The molecule has 2 heteroatoms. The first-order valence-electron chi connectivity index (χ1n) is 19.9. The Balaban J connectivity index is 1.13. The first-order chi connectivity index (χ1) is 27.5. The van der Waals surface area contributed by atoms with Gasteiger partial charge in [0.1, 0.15) is 0 Å². The fourth-order valence-electron chi connectivity index (χ4n) is 9.68. The van der Waals surface area contributed by atoms with Gasteiger partial charge in [-0.2, -0.15) is 0 Å². The largest absolute Gasteiger partial charge is 0.310 e. The first kappa shape index (κ1) is 32.8. The third-order valence-electron chi connectivity index (χ3n) is 12.4. The second kappa shape index (κ2) is 12.4. The lowest BCUT2D eigenvalue weighted by Crippen LogP contribution is -2.19. The number of hydrogen-bond donors (Lipinski definition) is 0. The number of hydrogen-bond acceptors (Lipinski definition) is 1. The number of rotatable bonds is 5. The van der Waals surface area contributed by atoms with Gasteiger partial charge in [0.2, 0.25) is 0 Å². The van der Waals surface area contributed by atoms with Crippen molar-refractivity contribution >= 4 is 54.7 Å². The lowest BCUT2D eigenvalue weighted by atomic mass is 9.81. The highest BCUT2D eigenvalue weighted by Crippen LogP contribution is 2.54. The smallest absolute Gasteiger partial charge is 0.0544 e. The Kier molecular flexibility index (Phi) is 7.28. The third-order valence-corrected chi connectivity index (χ3v) is 12.4. The van der Waals surface area contributed by atoms with Crippen LogP contribution < -0.4 is 4.90 Å². The third kappa shape index (κ3) is 4.88. The van der Waals surface area contributed by atoms with E-state index in [4.69, 9.17) is 0 Å². The van der Waals surface area contributed by atoms with Gasteiger partial charge >= 0.3 is 0 Å². The topological polar surface area (TPSA) is 8.17 Å². The van der Waals surface area contributed by atoms with E-state index in [-0.39, 0.29) is 5.41 Å². The molecule has 0 amide bonds. The summed E-state index contributed by atoms with van der Waals surface area (Å²) in [6, 6.07) is 58.9. The number of anilines is 2. The molecule has 0 fully saturated rings. The molecule has 0 bridgehead atoms. The van der Waals surface area contributed by atoms with Crippen molar-refractivity contribution < 1.29 is 0 Å². The lowest BCUT2D eigenvalue weighted by molar-refractivity contribution is 0.660. The molecular formula is C54H42N2. The minimum Gasteiger partial charge on any atom is -0.310 e. The maximum absolute atomic E-state index is 2.52. The van der Waals surface area contributed by atoms with E-state index in [1.807, 2.05) is 0 Å². The highest BCUT2D eigenvalue weighted by molar-refractivity contribution is 6.14. The van der Waals surface area contributed by atoms with Crippen molar-refractivity contribution in [3.05, 3.63) is 198 Å². The zero-order valence-electron chi connectivity index (χ0n) is 32.1. The number of benzene rings is 8. The van der Waals surface area contributed by atoms with Crippen LogP contribution in [-0.4, -0.2) is 4.57 Å². The molecule has 9 aromatic rings. The van der Waals surface area contributed by atoms with E-state index in [1.54, 1.807) is 0 Å². The molecule has 0 saturated heterocycles. The molecule has 1 heterocycles. The first-order valence-corrected chi connectivity index (χ1v) is 19.9. The Hall–Kier alpha value is -6.64. The van der Waals surface area contributed by atoms with Crippen molar-refractivity contribution in [1.82, 2.24) is 4.57 Å². The average molecular weight is 719 g/mol. The highest BCUT2D eigenvalue weighted by atomic mass is 15.1. The highest BCUT2D eigenvalue weighted by Gasteiger charge is 2.38. The predicted octanol–water partition coefficient (Wildman–Crippen LogP) is 14.7. The van der Waals surface area contributed by atoms with Gasteiger partial charge in [0.25, 0.3) is 0 Å². The molecule has 8 aromatic carbocycles. The van der Waals surface area contributed by atoms with Gasteiger partial charge in [-0.3, -0.25) is 0 Å². The minimum absolute atomic E-state index is 0.240. The van der Waals surface area contributed by atoms with Crippen LogP contribution in [0.15, 0.2) is 182 Å². The molecular weight excluding hydrogens is 677 g/mol. The van der Waals surface area contributed by atoms with Crippen molar-refractivity contribution in [2.24, 2.45) is 0 Å². The average Bonchev–Trinajstić information content (AvgIpc) is 3.68. The van der Waals surface area contributed by atoms with Crippen molar-refractivity contribution in [2.75, 3.05) is 4.90 Å². The summed E-state index contributed by atoms with van der Waals surface area (Å²) < 4.78 is 2.52. The van der Waals surface area contributed by atoms with Crippen LogP contribution in [0.25, 0.3) is 71.3 Å². The Morgan fingerprint density at radius 2 is 1.29 bits per heavy atom. The molecule has 56 heavy (non-hydrogen) atoms. The molecule has 0 unspecified atom stereocenters. The van der Waals surface area contributed by atoms with Gasteiger partial charge in [0.15, 0.2) is 0 Å².